The highest BCUT2D eigenvalue weighted by atomic mass is 14.6. The van der Waals surface area contributed by atoms with Crippen molar-refractivity contribution < 1.29 is 0 Å². The molecule has 0 aliphatic heterocycles. The molecule has 0 fully saturated rings. The summed E-state index contributed by atoms with van der Waals surface area (Å²) in [5, 5.41) is 0. The van der Waals surface area contributed by atoms with Gasteiger partial charge in [0.15, 0.2) is 0 Å². The minimum absolute atomic E-state index is 1.01. The molecule has 0 aromatic heterocycles. The molecule has 1 rings (SSSR count). The standard InChI is InChI=1S/C7H11N/c1-6-2-4-7(8)5-3-6/h2,4H,3,5,8H2,1H3. The van der Waals surface area contributed by atoms with E-state index in [1.807, 2.05) is 6.08 Å². The molecule has 0 aromatic carbocycles. The summed E-state index contributed by atoms with van der Waals surface area (Å²) < 4.78 is 0. The molecule has 0 saturated heterocycles. The first-order valence-corrected chi connectivity index (χ1v) is 2.91. The quantitative estimate of drug-likeness (QED) is 0.502. The third-order valence-electron chi connectivity index (χ3n) is 1.39. The molecule has 44 valence electrons. The van der Waals surface area contributed by atoms with Gasteiger partial charge in [-0.3, -0.25) is 0 Å². The fraction of sp³-hybridized carbons (Fsp3) is 0.429. The van der Waals surface area contributed by atoms with Crippen molar-refractivity contribution in [3.8, 4) is 0 Å². The summed E-state index contributed by atoms with van der Waals surface area (Å²) in [6.45, 7) is 2.13. The first kappa shape index (κ1) is 5.42. The van der Waals surface area contributed by atoms with Crippen molar-refractivity contribution in [3.05, 3.63) is 23.4 Å². The van der Waals surface area contributed by atoms with Gasteiger partial charge in [-0.1, -0.05) is 11.6 Å². The van der Waals surface area contributed by atoms with E-state index < -0.39 is 0 Å². The Balaban J connectivity index is 2.65. The van der Waals surface area contributed by atoms with E-state index in [0.29, 0.717) is 0 Å². The number of allylic oxidation sites excluding steroid dienone is 4. The van der Waals surface area contributed by atoms with Gasteiger partial charge in [-0.2, -0.15) is 0 Å². The Labute approximate surface area is 49.9 Å². The average Bonchev–Trinajstić information content (AvgIpc) is 1.77. The predicted octanol–water partition coefficient (Wildman–Crippen LogP) is 1.57. The van der Waals surface area contributed by atoms with E-state index in [4.69, 9.17) is 5.73 Å². The van der Waals surface area contributed by atoms with Gasteiger partial charge in [0.1, 0.15) is 0 Å². The smallest absolute Gasteiger partial charge is 0.00836 e. The maximum Gasteiger partial charge on any atom is 0.00836 e. The van der Waals surface area contributed by atoms with Crippen molar-refractivity contribution in [2.24, 2.45) is 5.73 Å². The molecule has 0 heterocycles. The Morgan fingerprint density at radius 1 is 1.38 bits per heavy atom. The van der Waals surface area contributed by atoms with Crippen molar-refractivity contribution in [2.75, 3.05) is 0 Å². The monoisotopic (exact) mass is 109 g/mol. The number of nitrogens with two attached hydrogens (primary N) is 1. The van der Waals surface area contributed by atoms with Crippen LogP contribution in [0.5, 0.6) is 0 Å². The molecule has 1 heteroatoms. The fourth-order valence-electron chi connectivity index (χ4n) is 0.757. The van der Waals surface area contributed by atoms with E-state index in [9.17, 15) is 0 Å². The SMILES string of the molecule is CC1=CC=C(N)CC1. The van der Waals surface area contributed by atoms with Gasteiger partial charge < -0.3 is 5.73 Å². The third kappa shape index (κ3) is 1.12. The van der Waals surface area contributed by atoms with Gasteiger partial charge >= 0.3 is 0 Å². The zero-order valence-electron chi connectivity index (χ0n) is 5.15. The molecule has 0 aromatic rings. The molecule has 0 unspecified atom stereocenters. The van der Waals surface area contributed by atoms with Crippen molar-refractivity contribution >= 4 is 0 Å². The van der Waals surface area contributed by atoms with E-state index in [1.165, 1.54) is 5.57 Å². The molecule has 2 N–H and O–H groups in total. The fourth-order valence-corrected chi connectivity index (χ4v) is 0.757. The predicted molar refractivity (Wildman–Crippen MR) is 35.3 cm³/mol. The number of rotatable bonds is 0. The second-order valence-corrected chi connectivity index (χ2v) is 2.25. The molecule has 8 heavy (non-hydrogen) atoms. The maximum absolute atomic E-state index is 5.51. The lowest BCUT2D eigenvalue weighted by Crippen LogP contribution is -1.99. The summed E-state index contributed by atoms with van der Waals surface area (Å²) in [6, 6.07) is 0. The average molecular weight is 109 g/mol. The van der Waals surface area contributed by atoms with Gasteiger partial charge in [0, 0.05) is 5.70 Å². The van der Waals surface area contributed by atoms with Crippen LogP contribution in [0.25, 0.3) is 0 Å². The second-order valence-electron chi connectivity index (χ2n) is 2.25. The Kier molecular flexibility index (Phi) is 1.38. The van der Waals surface area contributed by atoms with Gasteiger partial charge in [-0.15, -0.1) is 0 Å². The summed E-state index contributed by atoms with van der Waals surface area (Å²) in [7, 11) is 0. The molecule has 0 bridgehead atoms. The van der Waals surface area contributed by atoms with E-state index in [2.05, 4.69) is 13.0 Å². The van der Waals surface area contributed by atoms with Crippen LogP contribution in [0, 0.1) is 0 Å². The van der Waals surface area contributed by atoms with Crippen molar-refractivity contribution in [3.63, 3.8) is 0 Å². The van der Waals surface area contributed by atoms with E-state index >= 15 is 0 Å². The zero-order valence-corrected chi connectivity index (χ0v) is 5.15. The van der Waals surface area contributed by atoms with Crippen LogP contribution in [-0.2, 0) is 0 Å². The molecule has 0 spiro atoms. The van der Waals surface area contributed by atoms with Crippen molar-refractivity contribution in [1.29, 1.82) is 0 Å². The molecule has 0 atom stereocenters. The lowest BCUT2D eigenvalue weighted by Gasteiger charge is -2.05. The summed E-state index contributed by atoms with van der Waals surface area (Å²) in [4.78, 5) is 0. The Hall–Kier alpha value is -0.720. The minimum Gasteiger partial charge on any atom is -0.402 e. The van der Waals surface area contributed by atoms with Gasteiger partial charge in [0.25, 0.3) is 0 Å². The Morgan fingerprint density at radius 3 is 2.50 bits per heavy atom. The first-order valence-electron chi connectivity index (χ1n) is 2.91. The Morgan fingerprint density at radius 2 is 2.12 bits per heavy atom. The highest BCUT2D eigenvalue weighted by molar-refractivity contribution is 5.20. The van der Waals surface area contributed by atoms with E-state index in [0.717, 1.165) is 18.5 Å². The lowest BCUT2D eigenvalue weighted by atomic mass is 10.1. The summed E-state index contributed by atoms with van der Waals surface area (Å²) >= 11 is 0. The normalized spacial score (nSPS) is 19.6. The van der Waals surface area contributed by atoms with Gasteiger partial charge in [0.2, 0.25) is 0 Å². The van der Waals surface area contributed by atoms with Crippen LogP contribution in [0.4, 0.5) is 0 Å². The minimum atomic E-state index is 1.01. The lowest BCUT2D eigenvalue weighted by molar-refractivity contribution is 0.893. The molecule has 0 saturated carbocycles. The molecular formula is C7H11N. The Bertz CT molecular complexity index is 124. The first-order chi connectivity index (χ1) is 3.79. The molecule has 1 aliphatic rings. The van der Waals surface area contributed by atoms with E-state index in [-0.39, 0.29) is 0 Å². The topological polar surface area (TPSA) is 26.0 Å². The van der Waals surface area contributed by atoms with Crippen LogP contribution in [0.2, 0.25) is 0 Å². The highest BCUT2D eigenvalue weighted by Gasteiger charge is 1.96. The third-order valence-corrected chi connectivity index (χ3v) is 1.39. The number of hydrogen-bond donors (Lipinski definition) is 1. The molecule has 0 amide bonds. The van der Waals surface area contributed by atoms with Gasteiger partial charge in [0.05, 0.1) is 0 Å². The summed E-state index contributed by atoms with van der Waals surface area (Å²) in [5.74, 6) is 0. The number of hydrogen-bond acceptors (Lipinski definition) is 1. The molecule has 1 aliphatic carbocycles. The molecule has 0 radical (unpaired) electrons. The summed E-state index contributed by atoms with van der Waals surface area (Å²) in [6.07, 6.45) is 6.25. The molecular weight excluding hydrogens is 98.1 g/mol. The summed E-state index contributed by atoms with van der Waals surface area (Å²) in [5.41, 5.74) is 7.95. The van der Waals surface area contributed by atoms with E-state index in [1.54, 1.807) is 0 Å². The largest absolute Gasteiger partial charge is 0.402 e. The van der Waals surface area contributed by atoms with Crippen molar-refractivity contribution in [2.45, 2.75) is 19.8 Å². The van der Waals surface area contributed by atoms with Crippen LogP contribution in [0.15, 0.2) is 23.4 Å². The second kappa shape index (κ2) is 2.03. The van der Waals surface area contributed by atoms with Crippen LogP contribution in [0.3, 0.4) is 0 Å². The van der Waals surface area contributed by atoms with Gasteiger partial charge in [-0.25, -0.2) is 0 Å². The van der Waals surface area contributed by atoms with Crippen LogP contribution in [0.1, 0.15) is 19.8 Å². The maximum atomic E-state index is 5.51. The van der Waals surface area contributed by atoms with Crippen molar-refractivity contribution in [1.82, 2.24) is 0 Å². The van der Waals surface area contributed by atoms with Crippen LogP contribution < -0.4 is 5.73 Å². The molecule has 1 nitrogen and oxygen atoms in total. The zero-order chi connectivity index (χ0) is 5.98. The van der Waals surface area contributed by atoms with Gasteiger partial charge in [-0.05, 0) is 25.8 Å². The highest BCUT2D eigenvalue weighted by Crippen LogP contribution is 2.12. The van der Waals surface area contributed by atoms with Crippen LogP contribution in [-0.4, -0.2) is 0 Å². The van der Waals surface area contributed by atoms with Crippen LogP contribution >= 0.6 is 0 Å².